The number of nitrogens with zero attached hydrogens (tertiary/aromatic N) is 1. The summed E-state index contributed by atoms with van der Waals surface area (Å²) in [6, 6.07) is 14.7. The summed E-state index contributed by atoms with van der Waals surface area (Å²) in [5, 5.41) is 2.47. The van der Waals surface area contributed by atoms with Gasteiger partial charge < -0.3 is 9.64 Å². The Labute approximate surface area is 112 Å². The van der Waals surface area contributed by atoms with Gasteiger partial charge in [-0.2, -0.15) is 0 Å². The molecule has 3 rings (SSSR count). The molecule has 0 bridgehead atoms. The first-order valence-corrected chi connectivity index (χ1v) is 6.62. The molecule has 0 atom stereocenters. The van der Waals surface area contributed by atoms with E-state index in [0.29, 0.717) is 0 Å². The minimum absolute atomic E-state index is 0.769. The van der Waals surface area contributed by atoms with Gasteiger partial charge in [0, 0.05) is 18.7 Å². The van der Waals surface area contributed by atoms with Gasteiger partial charge in [0.15, 0.2) is 0 Å². The van der Waals surface area contributed by atoms with E-state index in [1.807, 2.05) is 0 Å². The zero-order valence-corrected chi connectivity index (χ0v) is 11.0. The summed E-state index contributed by atoms with van der Waals surface area (Å²) in [5.74, 6) is 0. The van der Waals surface area contributed by atoms with Crippen LogP contribution in [-0.4, -0.2) is 36.2 Å². The zero-order chi connectivity index (χ0) is 12.4. The van der Waals surface area contributed by atoms with Gasteiger partial charge >= 0.3 is 0 Å². The van der Waals surface area contributed by atoms with Crippen molar-refractivity contribution in [3.05, 3.63) is 48.0 Å². The molecule has 1 aliphatic heterocycles. The minimum Gasteiger partial charge on any atom is -0.378 e. The van der Waals surface area contributed by atoms with Crippen LogP contribution in [0.4, 0.5) is 0 Å². The molecule has 2 nitrogen and oxygen atoms in total. The first-order chi connectivity index (χ1) is 8.86. The van der Waals surface area contributed by atoms with E-state index in [0.717, 1.165) is 36.9 Å². The summed E-state index contributed by atoms with van der Waals surface area (Å²) in [5.41, 5.74) is 1.16. The van der Waals surface area contributed by atoms with Gasteiger partial charge in [0.05, 0.1) is 13.2 Å². The molecule has 0 spiro atoms. The van der Waals surface area contributed by atoms with Gasteiger partial charge in [0.2, 0.25) is 0 Å². The predicted molar refractivity (Wildman–Crippen MR) is 78.0 cm³/mol. The number of hydrogen-bond donors (Lipinski definition) is 0. The van der Waals surface area contributed by atoms with Crippen LogP contribution < -0.4 is 0 Å². The molecule has 3 heteroatoms. The number of ether oxygens (including phenoxy) is 1. The van der Waals surface area contributed by atoms with E-state index >= 15 is 0 Å². The van der Waals surface area contributed by atoms with Gasteiger partial charge in [-0.1, -0.05) is 54.7 Å². The Morgan fingerprint density at radius 1 is 1.00 bits per heavy atom. The average molecular weight is 257 g/mol. The molecule has 0 unspecified atom stereocenters. The quantitative estimate of drug-likeness (QED) is 0.729. The summed E-state index contributed by atoms with van der Waals surface area (Å²) < 4.78 is 5.37. The molecule has 0 radical (unpaired) electrons. The van der Waals surface area contributed by atoms with Crippen LogP contribution in [0.2, 0.25) is 0 Å². The topological polar surface area (TPSA) is 12.5 Å². The molecule has 0 aliphatic carbocycles. The van der Waals surface area contributed by atoms with E-state index in [4.69, 9.17) is 17.0 Å². The van der Waals surface area contributed by atoms with Crippen molar-refractivity contribution in [2.24, 2.45) is 0 Å². The van der Waals surface area contributed by atoms with Crippen LogP contribution >= 0.6 is 12.2 Å². The maximum Gasteiger partial charge on any atom is 0.109 e. The fourth-order valence-corrected chi connectivity index (χ4v) is 2.71. The molecular weight excluding hydrogens is 242 g/mol. The Balaban J connectivity index is 2.00. The van der Waals surface area contributed by atoms with Crippen LogP contribution in [-0.2, 0) is 4.74 Å². The number of fused-ring (bicyclic) bond motifs is 1. The van der Waals surface area contributed by atoms with E-state index in [2.05, 4.69) is 47.4 Å². The smallest absolute Gasteiger partial charge is 0.109 e. The molecule has 0 amide bonds. The van der Waals surface area contributed by atoms with Crippen LogP contribution in [0.3, 0.4) is 0 Å². The van der Waals surface area contributed by atoms with Crippen molar-refractivity contribution in [2.75, 3.05) is 26.3 Å². The van der Waals surface area contributed by atoms with Crippen LogP contribution in [0.5, 0.6) is 0 Å². The Hall–Kier alpha value is -1.45. The summed E-state index contributed by atoms with van der Waals surface area (Å²) in [4.78, 5) is 3.18. The highest BCUT2D eigenvalue weighted by molar-refractivity contribution is 7.80. The third-order valence-electron chi connectivity index (χ3n) is 3.32. The standard InChI is InChI=1S/C15H15NOS/c18-15(16-8-10-17-11-9-16)14-7-3-5-12-4-1-2-6-13(12)14/h1-7H,8-11H2. The lowest BCUT2D eigenvalue weighted by Crippen LogP contribution is -2.40. The molecule has 1 heterocycles. The highest BCUT2D eigenvalue weighted by atomic mass is 32.1. The van der Waals surface area contributed by atoms with Crippen LogP contribution in [0.15, 0.2) is 42.5 Å². The number of morpholine rings is 1. The third-order valence-corrected chi connectivity index (χ3v) is 3.80. The predicted octanol–water partition coefficient (Wildman–Crippen LogP) is 2.85. The molecule has 1 fully saturated rings. The third kappa shape index (κ3) is 2.11. The van der Waals surface area contributed by atoms with E-state index in [9.17, 15) is 0 Å². The summed E-state index contributed by atoms with van der Waals surface area (Å²) in [6.45, 7) is 3.32. The van der Waals surface area contributed by atoms with Gasteiger partial charge in [0.25, 0.3) is 0 Å². The number of hydrogen-bond acceptors (Lipinski definition) is 2. The first-order valence-electron chi connectivity index (χ1n) is 6.21. The SMILES string of the molecule is S=C(c1cccc2ccccc12)N1CCOCC1. The molecule has 18 heavy (non-hydrogen) atoms. The lowest BCUT2D eigenvalue weighted by molar-refractivity contribution is 0.0693. The second kappa shape index (κ2) is 5.04. The van der Waals surface area contributed by atoms with Gasteiger partial charge in [-0.05, 0) is 10.8 Å². The van der Waals surface area contributed by atoms with E-state index in [1.165, 1.54) is 10.8 Å². The Bertz CT molecular complexity index is 570. The minimum atomic E-state index is 0.769. The van der Waals surface area contributed by atoms with Gasteiger partial charge in [-0.3, -0.25) is 0 Å². The van der Waals surface area contributed by atoms with E-state index < -0.39 is 0 Å². The average Bonchev–Trinajstić information content (AvgIpc) is 2.47. The second-order valence-corrected chi connectivity index (χ2v) is 4.82. The van der Waals surface area contributed by atoms with E-state index in [-0.39, 0.29) is 0 Å². The lowest BCUT2D eigenvalue weighted by atomic mass is 10.0. The van der Waals surface area contributed by atoms with Crippen LogP contribution in [0, 0.1) is 0 Å². The molecule has 0 aromatic heterocycles. The zero-order valence-electron chi connectivity index (χ0n) is 10.1. The van der Waals surface area contributed by atoms with Crippen LogP contribution in [0.1, 0.15) is 5.56 Å². The molecule has 1 saturated heterocycles. The van der Waals surface area contributed by atoms with Gasteiger partial charge in [-0.15, -0.1) is 0 Å². The molecule has 2 aromatic rings. The highest BCUT2D eigenvalue weighted by Crippen LogP contribution is 2.21. The number of benzene rings is 2. The Morgan fingerprint density at radius 3 is 2.56 bits per heavy atom. The largest absolute Gasteiger partial charge is 0.378 e. The maximum atomic E-state index is 5.64. The molecule has 1 aliphatic rings. The number of thiocarbonyl (C=S) groups is 1. The molecular formula is C15H15NOS. The van der Waals surface area contributed by atoms with Crippen molar-refractivity contribution >= 4 is 28.0 Å². The van der Waals surface area contributed by atoms with E-state index in [1.54, 1.807) is 0 Å². The first kappa shape index (κ1) is 11.6. The summed E-state index contributed by atoms with van der Waals surface area (Å²) in [6.07, 6.45) is 0. The maximum absolute atomic E-state index is 5.64. The monoisotopic (exact) mass is 257 g/mol. The molecule has 0 N–H and O–H groups in total. The van der Waals surface area contributed by atoms with Gasteiger partial charge in [0.1, 0.15) is 4.99 Å². The Kier molecular flexibility index (Phi) is 3.26. The van der Waals surface area contributed by atoms with Crippen LogP contribution in [0.25, 0.3) is 10.8 Å². The fourth-order valence-electron chi connectivity index (χ4n) is 2.35. The van der Waals surface area contributed by atoms with Gasteiger partial charge in [-0.25, -0.2) is 0 Å². The summed E-state index contributed by atoms with van der Waals surface area (Å²) in [7, 11) is 0. The van der Waals surface area contributed by atoms with Crippen molar-refractivity contribution in [1.29, 1.82) is 0 Å². The molecule has 0 saturated carbocycles. The molecule has 2 aromatic carbocycles. The Morgan fingerprint density at radius 2 is 1.72 bits per heavy atom. The van der Waals surface area contributed by atoms with Crippen molar-refractivity contribution in [1.82, 2.24) is 4.90 Å². The van der Waals surface area contributed by atoms with Crippen molar-refractivity contribution in [2.45, 2.75) is 0 Å². The highest BCUT2D eigenvalue weighted by Gasteiger charge is 2.16. The van der Waals surface area contributed by atoms with Crippen molar-refractivity contribution in [3.8, 4) is 0 Å². The van der Waals surface area contributed by atoms with Crippen molar-refractivity contribution in [3.63, 3.8) is 0 Å². The molecule has 92 valence electrons. The summed E-state index contributed by atoms with van der Waals surface area (Å²) >= 11 is 5.64. The fraction of sp³-hybridized carbons (Fsp3) is 0.267. The van der Waals surface area contributed by atoms with Crippen molar-refractivity contribution < 1.29 is 4.74 Å². The second-order valence-electron chi connectivity index (χ2n) is 4.43. The normalized spacial score (nSPS) is 15.9. The number of rotatable bonds is 1. The lowest BCUT2D eigenvalue weighted by Gasteiger charge is -2.29.